The monoisotopic (exact) mass is 156 g/mol. The number of carbonyl (C=O) groups excluding carboxylic acids is 1. The van der Waals surface area contributed by atoms with E-state index in [1.165, 1.54) is 0 Å². The zero-order valence-corrected chi connectivity index (χ0v) is 6.92. The van der Waals surface area contributed by atoms with Gasteiger partial charge in [-0.05, 0) is 12.8 Å². The fourth-order valence-corrected chi connectivity index (χ4v) is 1.19. The van der Waals surface area contributed by atoms with Crippen LogP contribution in [0.1, 0.15) is 20.8 Å². The predicted octanol–water partition coefficient (Wildman–Crippen LogP) is 1.40. The second kappa shape index (κ2) is 2.57. The highest BCUT2D eigenvalue weighted by atomic mass is 16.6. The zero-order valence-electron chi connectivity index (χ0n) is 6.92. The summed E-state index contributed by atoms with van der Waals surface area (Å²) >= 11 is 0. The first kappa shape index (κ1) is 8.11. The van der Waals surface area contributed by atoms with E-state index < -0.39 is 5.97 Å². The summed E-state index contributed by atoms with van der Waals surface area (Å²) in [6, 6.07) is 0. The molecule has 0 radical (unpaired) electrons. The Balaban J connectivity index is 2.86. The Morgan fingerprint density at radius 2 is 2.09 bits per heavy atom. The molecule has 1 aliphatic heterocycles. The lowest BCUT2D eigenvalue weighted by molar-refractivity contribution is -0.143. The molecule has 0 fully saturated rings. The van der Waals surface area contributed by atoms with Crippen molar-refractivity contribution in [2.75, 3.05) is 0 Å². The summed E-state index contributed by atoms with van der Waals surface area (Å²) in [6.07, 6.45) is -0.234. The van der Waals surface area contributed by atoms with Crippen molar-refractivity contribution in [3.8, 4) is 0 Å². The molecule has 0 amide bonds. The number of rotatable bonds is 1. The number of aliphatic hydroxyl groups excluding tert-OH is 1. The molecule has 0 aromatic rings. The fraction of sp³-hybridized carbons (Fsp3) is 0.625. The van der Waals surface area contributed by atoms with Crippen molar-refractivity contribution in [3.63, 3.8) is 0 Å². The van der Waals surface area contributed by atoms with E-state index in [0.717, 1.165) is 0 Å². The number of aliphatic hydroxyl groups is 1. The molecule has 0 saturated carbocycles. The molecule has 0 aromatic heterocycles. The van der Waals surface area contributed by atoms with Crippen molar-refractivity contribution < 1.29 is 14.6 Å². The Kier molecular flexibility index (Phi) is 1.89. The highest BCUT2D eigenvalue weighted by molar-refractivity contribution is 5.89. The first-order valence-electron chi connectivity index (χ1n) is 3.64. The van der Waals surface area contributed by atoms with E-state index in [1.54, 1.807) is 6.92 Å². The Morgan fingerprint density at radius 3 is 2.27 bits per heavy atom. The standard InChI is InChI=1S/C8H12O3/c1-4(2)7-5(3)6(9)8(10)11-7/h4,7,9H,1-3H3/t7-/m1/s1. The smallest absolute Gasteiger partial charge is 0.374 e. The molecule has 1 heterocycles. The average molecular weight is 156 g/mol. The topological polar surface area (TPSA) is 46.5 Å². The number of hydrogen-bond acceptors (Lipinski definition) is 3. The number of hydrogen-bond donors (Lipinski definition) is 1. The zero-order chi connectivity index (χ0) is 8.59. The van der Waals surface area contributed by atoms with E-state index in [0.29, 0.717) is 5.57 Å². The number of ether oxygens (including phenoxy) is 1. The summed E-state index contributed by atoms with van der Waals surface area (Å²) in [5.41, 5.74) is 0.644. The second-order valence-corrected chi connectivity index (χ2v) is 3.10. The Morgan fingerprint density at radius 1 is 1.55 bits per heavy atom. The maximum atomic E-state index is 10.8. The van der Waals surface area contributed by atoms with Crippen LogP contribution in [0.3, 0.4) is 0 Å². The van der Waals surface area contributed by atoms with E-state index in [9.17, 15) is 4.79 Å². The molecule has 0 aliphatic carbocycles. The van der Waals surface area contributed by atoms with E-state index in [2.05, 4.69) is 0 Å². The van der Waals surface area contributed by atoms with Crippen LogP contribution in [0.15, 0.2) is 11.3 Å². The van der Waals surface area contributed by atoms with Crippen LogP contribution in [0, 0.1) is 5.92 Å². The number of carbonyl (C=O) groups is 1. The molecular weight excluding hydrogens is 144 g/mol. The minimum Gasteiger partial charge on any atom is -0.502 e. The normalized spacial score (nSPS) is 24.7. The fourth-order valence-electron chi connectivity index (χ4n) is 1.19. The van der Waals surface area contributed by atoms with Gasteiger partial charge in [0.25, 0.3) is 0 Å². The van der Waals surface area contributed by atoms with Crippen LogP contribution in [0.4, 0.5) is 0 Å². The molecule has 0 unspecified atom stereocenters. The van der Waals surface area contributed by atoms with Crippen LogP contribution >= 0.6 is 0 Å². The molecule has 0 saturated heterocycles. The number of esters is 1. The lowest BCUT2D eigenvalue weighted by atomic mass is 10.0. The molecule has 11 heavy (non-hydrogen) atoms. The van der Waals surface area contributed by atoms with Gasteiger partial charge in [0.15, 0.2) is 0 Å². The van der Waals surface area contributed by atoms with Gasteiger partial charge in [0.05, 0.1) is 0 Å². The van der Waals surface area contributed by atoms with Crippen LogP contribution in [-0.4, -0.2) is 17.2 Å². The minimum atomic E-state index is -0.596. The number of cyclic esters (lactones) is 1. The van der Waals surface area contributed by atoms with Crippen LogP contribution in [0.5, 0.6) is 0 Å². The molecular formula is C8H12O3. The van der Waals surface area contributed by atoms with Gasteiger partial charge in [-0.2, -0.15) is 0 Å². The van der Waals surface area contributed by atoms with Crippen molar-refractivity contribution >= 4 is 5.97 Å². The molecule has 1 rings (SSSR count). The van der Waals surface area contributed by atoms with Gasteiger partial charge in [0.1, 0.15) is 6.10 Å². The molecule has 0 aromatic carbocycles. The Hall–Kier alpha value is -0.990. The van der Waals surface area contributed by atoms with E-state index >= 15 is 0 Å². The van der Waals surface area contributed by atoms with Crippen molar-refractivity contribution in [2.24, 2.45) is 5.92 Å². The lowest BCUT2D eigenvalue weighted by Crippen LogP contribution is -2.17. The van der Waals surface area contributed by atoms with Crippen LogP contribution in [-0.2, 0) is 9.53 Å². The van der Waals surface area contributed by atoms with Gasteiger partial charge in [-0.25, -0.2) is 4.79 Å². The largest absolute Gasteiger partial charge is 0.502 e. The summed E-state index contributed by atoms with van der Waals surface area (Å²) < 4.78 is 4.88. The van der Waals surface area contributed by atoms with Gasteiger partial charge >= 0.3 is 5.97 Å². The van der Waals surface area contributed by atoms with Crippen molar-refractivity contribution in [1.82, 2.24) is 0 Å². The first-order valence-corrected chi connectivity index (χ1v) is 3.64. The Labute approximate surface area is 65.7 Å². The average Bonchev–Trinajstić information content (AvgIpc) is 2.17. The van der Waals surface area contributed by atoms with Gasteiger partial charge in [-0.3, -0.25) is 0 Å². The molecule has 0 bridgehead atoms. The van der Waals surface area contributed by atoms with E-state index in [-0.39, 0.29) is 17.8 Å². The summed E-state index contributed by atoms with van der Waals surface area (Å²) in [4.78, 5) is 10.8. The molecule has 3 heteroatoms. The van der Waals surface area contributed by atoms with E-state index in [1.807, 2.05) is 13.8 Å². The second-order valence-electron chi connectivity index (χ2n) is 3.10. The summed E-state index contributed by atoms with van der Waals surface area (Å²) in [6.45, 7) is 5.60. The van der Waals surface area contributed by atoms with Gasteiger partial charge in [0.2, 0.25) is 5.76 Å². The highest BCUT2D eigenvalue weighted by Gasteiger charge is 2.32. The van der Waals surface area contributed by atoms with Crippen molar-refractivity contribution in [3.05, 3.63) is 11.3 Å². The molecule has 3 nitrogen and oxygen atoms in total. The Bertz CT molecular complexity index is 215. The van der Waals surface area contributed by atoms with Crippen molar-refractivity contribution in [1.29, 1.82) is 0 Å². The third-order valence-electron chi connectivity index (χ3n) is 1.83. The highest BCUT2D eigenvalue weighted by Crippen LogP contribution is 2.25. The van der Waals surface area contributed by atoms with Crippen molar-refractivity contribution in [2.45, 2.75) is 26.9 Å². The van der Waals surface area contributed by atoms with Crippen LogP contribution < -0.4 is 0 Å². The third-order valence-corrected chi connectivity index (χ3v) is 1.83. The van der Waals surface area contributed by atoms with Gasteiger partial charge in [0, 0.05) is 5.57 Å². The van der Waals surface area contributed by atoms with Crippen LogP contribution in [0.2, 0.25) is 0 Å². The molecule has 62 valence electrons. The van der Waals surface area contributed by atoms with Gasteiger partial charge < -0.3 is 9.84 Å². The van der Waals surface area contributed by atoms with Crippen LogP contribution in [0.25, 0.3) is 0 Å². The van der Waals surface area contributed by atoms with Gasteiger partial charge in [-0.15, -0.1) is 0 Å². The molecule has 1 aliphatic rings. The predicted molar refractivity (Wildman–Crippen MR) is 40.0 cm³/mol. The molecule has 1 atom stereocenters. The maximum Gasteiger partial charge on any atom is 0.374 e. The third kappa shape index (κ3) is 1.23. The van der Waals surface area contributed by atoms with E-state index in [4.69, 9.17) is 9.84 Å². The SMILES string of the molecule is CC1=C(O)C(=O)O[C@@H]1C(C)C. The lowest BCUT2D eigenvalue weighted by Gasteiger charge is -2.13. The summed E-state index contributed by atoms with van der Waals surface area (Å²) in [5, 5.41) is 9.09. The molecule has 0 spiro atoms. The van der Waals surface area contributed by atoms with Gasteiger partial charge in [-0.1, -0.05) is 13.8 Å². The quantitative estimate of drug-likeness (QED) is 0.584. The summed E-state index contributed by atoms with van der Waals surface area (Å²) in [7, 11) is 0. The maximum absolute atomic E-state index is 10.8. The summed E-state index contributed by atoms with van der Waals surface area (Å²) in [5.74, 6) is -0.589. The minimum absolute atomic E-state index is 0.219. The molecule has 1 N–H and O–H groups in total. The first-order chi connectivity index (χ1) is 5.04.